The van der Waals surface area contributed by atoms with Crippen molar-refractivity contribution in [1.82, 2.24) is 9.55 Å². The molecule has 0 spiro atoms. The topological polar surface area (TPSA) is 29.9 Å². The number of para-hydroxylation sites is 2. The summed E-state index contributed by atoms with van der Waals surface area (Å²) >= 11 is 0. The van der Waals surface area contributed by atoms with Gasteiger partial charge in [0.1, 0.15) is 0 Å². The number of imidazole rings is 1. The predicted molar refractivity (Wildman–Crippen MR) is 88.7 cm³/mol. The van der Waals surface area contributed by atoms with E-state index in [4.69, 9.17) is 4.98 Å². The standard InChI is InChI=1S/C18H21N3/c1-18(2,3)20-17-19-15-11-7-8-12-16(15)21(17)13-14-9-5-4-6-10-14/h4-12H,13H2,1-3H3,(H,19,20). The molecule has 0 aliphatic heterocycles. The number of hydrogen-bond donors (Lipinski definition) is 1. The smallest absolute Gasteiger partial charge is 0.204 e. The third-order valence-corrected chi connectivity index (χ3v) is 3.32. The Morgan fingerprint density at radius 1 is 0.952 bits per heavy atom. The lowest BCUT2D eigenvalue weighted by molar-refractivity contribution is 0.617. The minimum atomic E-state index is -0.0180. The summed E-state index contributed by atoms with van der Waals surface area (Å²) in [6, 6.07) is 18.8. The fraction of sp³-hybridized carbons (Fsp3) is 0.278. The molecule has 0 radical (unpaired) electrons. The van der Waals surface area contributed by atoms with E-state index < -0.39 is 0 Å². The molecule has 0 amide bonds. The van der Waals surface area contributed by atoms with Crippen molar-refractivity contribution in [3.8, 4) is 0 Å². The summed E-state index contributed by atoms with van der Waals surface area (Å²) in [7, 11) is 0. The third-order valence-electron chi connectivity index (χ3n) is 3.32. The maximum absolute atomic E-state index is 4.75. The summed E-state index contributed by atoms with van der Waals surface area (Å²) in [6.07, 6.45) is 0. The van der Waals surface area contributed by atoms with Crippen molar-refractivity contribution < 1.29 is 0 Å². The second kappa shape index (κ2) is 5.24. The summed E-state index contributed by atoms with van der Waals surface area (Å²) in [6.45, 7) is 7.28. The van der Waals surface area contributed by atoms with Gasteiger partial charge < -0.3 is 9.88 Å². The Morgan fingerprint density at radius 2 is 1.62 bits per heavy atom. The van der Waals surface area contributed by atoms with Crippen LogP contribution in [-0.2, 0) is 6.54 Å². The first kappa shape index (κ1) is 13.7. The summed E-state index contributed by atoms with van der Waals surface area (Å²) < 4.78 is 2.25. The number of anilines is 1. The first-order valence-electron chi connectivity index (χ1n) is 7.30. The van der Waals surface area contributed by atoms with Crippen LogP contribution in [0.3, 0.4) is 0 Å². The highest BCUT2D eigenvalue weighted by Gasteiger charge is 2.16. The van der Waals surface area contributed by atoms with Crippen LogP contribution in [0.1, 0.15) is 26.3 Å². The maximum Gasteiger partial charge on any atom is 0.204 e. The van der Waals surface area contributed by atoms with E-state index in [2.05, 4.69) is 73.1 Å². The average molecular weight is 279 g/mol. The van der Waals surface area contributed by atoms with Gasteiger partial charge in [0.25, 0.3) is 0 Å². The largest absolute Gasteiger partial charge is 0.351 e. The second-order valence-electron chi connectivity index (χ2n) is 6.37. The number of fused-ring (bicyclic) bond motifs is 1. The quantitative estimate of drug-likeness (QED) is 0.775. The minimum Gasteiger partial charge on any atom is -0.351 e. The van der Waals surface area contributed by atoms with E-state index in [1.165, 1.54) is 5.56 Å². The number of benzene rings is 2. The normalized spacial score (nSPS) is 11.8. The van der Waals surface area contributed by atoms with Crippen LogP contribution in [0.2, 0.25) is 0 Å². The van der Waals surface area contributed by atoms with Crippen molar-refractivity contribution in [2.45, 2.75) is 32.9 Å². The van der Waals surface area contributed by atoms with E-state index in [0.717, 1.165) is 23.5 Å². The molecule has 0 aliphatic carbocycles. The van der Waals surface area contributed by atoms with Crippen molar-refractivity contribution in [3.05, 3.63) is 60.2 Å². The molecule has 21 heavy (non-hydrogen) atoms. The molecular weight excluding hydrogens is 258 g/mol. The van der Waals surface area contributed by atoms with E-state index >= 15 is 0 Å². The number of rotatable bonds is 3. The number of nitrogens with one attached hydrogen (secondary N) is 1. The van der Waals surface area contributed by atoms with Crippen molar-refractivity contribution in [1.29, 1.82) is 0 Å². The molecule has 0 atom stereocenters. The lowest BCUT2D eigenvalue weighted by Crippen LogP contribution is -2.28. The molecule has 0 fully saturated rings. The number of aromatic nitrogens is 2. The minimum absolute atomic E-state index is 0.0180. The fourth-order valence-electron chi connectivity index (χ4n) is 2.43. The van der Waals surface area contributed by atoms with Crippen molar-refractivity contribution in [3.63, 3.8) is 0 Å². The molecule has 2 aromatic carbocycles. The van der Waals surface area contributed by atoms with E-state index in [1.807, 2.05) is 12.1 Å². The zero-order valence-electron chi connectivity index (χ0n) is 12.8. The first-order chi connectivity index (χ1) is 10.0. The maximum atomic E-state index is 4.75. The SMILES string of the molecule is CC(C)(C)Nc1nc2ccccc2n1Cc1ccccc1. The van der Waals surface area contributed by atoms with Gasteiger partial charge >= 0.3 is 0 Å². The van der Waals surface area contributed by atoms with Gasteiger partial charge in [-0.15, -0.1) is 0 Å². The van der Waals surface area contributed by atoms with Crippen molar-refractivity contribution in [2.24, 2.45) is 0 Å². The molecule has 3 rings (SSSR count). The number of nitrogens with zero attached hydrogens (tertiary/aromatic N) is 2. The van der Waals surface area contributed by atoms with E-state index in [1.54, 1.807) is 0 Å². The molecule has 108 valence electrons. The predicted octanol–water partition coefficient (Wildman–Crippen LogP) is 4.30. The Morgan fingerprint density at radius 3 is 2.33 bits per heavy atom. The van der Waals surface area contributed by atoms with E-state index in [9.17, 15) is 0 Å². The molecule has 0 saturated heterocycles. The molecular formula is C18H21N3. The van der Waals surface area contributed by atoms with Gasteiger partial charge in [-0.1, -0.05) is 42.5 Å². The summed E-state index contributed by atoms with van der Waals surface area (Å²) in [5.41, 5.74) is 3.45. The molecule has 3 nitrogen and oxygen atoms in total. The van der Waals surface area contributed by atoms with Crippen molar-refractivity contribution in [2.75, 3.05) is 5.32 Å². The van der Waals surface area contributed by atoms with Crippen LogP contribution >= 0.6 is 0 Å². The van der Waals surface area contributed by atoms with Gasteiger partial charge in [-0.2, -0.15) is 0 Å². The Hall–Kier alpha value is -2.29. The van der Waals surface area contributed by atoms with Crippen LogP contribution in [0.25, 0.3) is 11.0 Å². The molecule has 1 N–H and O–H groups in total. The average Bonchev–Trinajstić information content (AvgIpc) is 2.76. The molecule has 1 aromatic heterocycles. The molecule has 0 aliphatic rings. The summed E-state index contributed by atoms with van der Waals surface area (Å²) in [4.78, 5) is 4.75. The van der Waals surface area contributed by atoms with Gasteiger partial charge in [0, 0.05) is 5.54 Å². The molecule has 3 aromatic rings. The third kappa shape index (κ3) is 3.07. The monoisotopic (exact) mass is 279 g/mol. The molecule has 0 bridgehead atoms. The van der Waals surface area contributed by atoms with Gasteiger partial charge in [-0.05, 0) is 38.5 Å². The lowest BCUT2D eigenvalue weighted by atomic mass is 10.1. The Labute approximate surface area is 125 Å². The highest BCUT2D eigenvalue weighted by atomic mass is 15.2. The van der Waals surface area contributed by atoms with Crippen LogP contribution in [-0.4, -0.2) is 15.1 Å². The van der Waals surface area contributed by atoms with Crippen LogP contribution in [0, 0.1) is 0 Å². The molecule has 1 heterocycles. The highest BCUT2D eigenvalue weighted by Crippen LogP contribution is 2.23. The van der Waals surface area contributed by atoms with Crippen LogP contribution in [0.4, 0.5) is 5.95 Å². The van der Waals surface area contributed by atoms with Crippen molar-refractivity contribution >= 4 is 17.0 Å². The van der Waals surface area contributed by atoms with Gasteiger partial charge in [0.2, 0.25) is 5.95 Å². The zero-order chi connectivity index (χ0) is 14.9. The summed E-state index contributed by atoms with van der Waals surface area (Å²) in [5, 5.41) is 3.51. The zero-order valence-corrected chi connectivity index (χ0v) is 12.8. The Kier molecular flexibility index (Phi) is 3.42. The highest BCUT2D eigenvalue weighted by molar-refractivity contribution is 5.78. The first-order valence-corrected chi connectivity index (χ1v) is 7.30. The Bertz CT molecular complexity index is 736. The van der Waals surface area contributed by atoms with Gasteiger partial charge in [-0.3, -0.25) is 0 Å². The Balaban J connectivity index is 2.07. The fourth-order valence-corrected chi connectivity index (χ4v) is 2.43. The number of hydrogen-bond acceptors (Lipinski definition) is 2. The van der Waals surface area contributed by atoms with E-state index in [-0.39, 0.29) is 5.54 Å². The van der Waals surface area contributed by atoms with Gasteiger partial charge in [-0.25, -0.2) is 4.98 Å². The van der Waals surface area contributed by atoms with Crippen LogP contribution in [0.15, 0.2) is 54.6 Å². The molecule has 3 heteroatoms. The molecule has 0 saturated carbocycles. The lowest BCUT2D eigenvalue weighted by Gasteiger charge is -2.22. The second-order valence-corrected chi connectivity index (χ2v) is 6.37. The van der Waals surface area contributed by atoms with E-state index in [0.29, 0.717) is 0 Å². The van der Waals surface area contributed by atoms with Gasteiger partial charge in [0.05, 0.1) is 17.6 Å². The summed E-state index contributed by atoms with van der Waals surface area (Å²) in [5.74, 6) is 0.924. The van der Waals surface area contributed by atoms with Crippen LogP contribution < -0.4 is 5.32 Å². The van der Waals surface area contributed by atoms with Crippen LogP contribution in [0.5, 0.6) is 0 Å². The van der Waals surface area contributed by atoms with Gasteiger partial charge in [0.15, 0.2) is 0 Å². The molecule has 0 unspecified atom stereocenters.